The maximum absolute atomic E-state index is 3.76. The number of hydrogen-bond acceptors (Lipinski definition) is 0. The normalized spacial score (nSPS) is 12.9. The van der Waals surface area contributed by atoms with E-state index < -0.39 is 0 Å². The second-order valence-electron chi connectivity index (χ2n) is 2.86. The van der Waals surface area contributed by atoms with Crippen molar-refractivity contribution in [2.75, 3.05) is 0 Å². The van der Waals surface area contributed by atoms with Gasteiger partial charge in [-0.1, -0.05) is 51.7 Å². The highest BCUT2D eigenvalue weighted by Gasteiger charge is 1.94. The molecule has 0 aromatic heterocycles. The Morgan fingerprint density at radius 2 is 2.09 bits per heavy atom. The first-order valence-corrected chi connectivity index (χ1v) is 4.21. The van der Waals surface area contributed by atoms with Crippen LogP contribution in [0.15, 0.2) is 36.5 Å². The molecule has 0 rings (SSSR count). The number of allylic oxidation sites excluding steroid dienone is 5. The second kappa shape index (κ2) is 5.96. The summed E-state index contributed by atoms with van der Waals surface area (Å²) >= 11 is 0. The van der Waals surface area contributed by atoms with Gasteiger partial charge in [0.25, 0.3) is 0 Å². The van der Waals surface area contributed by atoms with Crippen LogP contribution in [0.1, 0.15) is 27.2 Å². The Kier molecular flexibility index (Phi) is 5.54. The van der Waals surface area contributed by atoms with E-state index in [1.54, 1.807) is 0 Å². The molecular weight excluding hydrogens is 132 g/mol. The van der Waals surface area contributed by atoms with Crippen molar-refractivity contribution >= 4 is 0 Å². The molecule has 0 atom stereocenters. The van der Waals surface area contributed by atoms with E-state index in [0.717, 1.165) is 6.42 Å². The first-order chi connectivity index (χ1) is 5.22. The van der Waals surface area contributed by atoms with E-state index in [-0.39, 0.29) is 0 Å². The summed E-state index contributed by atoms with van der Waals surface area (Å²) in [5.41, 5.74) is 1.30. The van der Waals surface area contributed by atoms with Crippen molar-refractivity contribution in [2.45, 2.75) is 27.2 Å². The molecular formula is C11H18. The van der Waals surface area contributed by atoms with Crippen LogP contribution in [0, 0.1) is 5.92 Å². The average molecular weight is 150 g/mol. The molecule has 0 nitrogen and oxygen atoms in total. The van der Waals surface area contributed by atoms with Crippen LogP contribution in [-0.2, 0) is 0 Å². The maximum Gasteiger partial charge on any atom is -0.0219 e. The first-order valence-electron chi connectivity index (χ1n) is 4.21. The highest BCUT2D eigenvalue weighted by Crippen LogP contribution is 2.09. The van der Waals surface area contributed by atoms with Gasteiger partial charge in [-0.05, 0) is 17.9 Å². The van der Waals surface area contributed by atoms with Gasteiger partial charge in [0.1, 0.15) is 0 Å². The van der Waals surface area contributed by atoms with Crippen molar-refractivity contribution in [1.29, 1.82) is 0 Å². The lowest BCUT2D eigenvalue weighted by atomic mass is 10.0. The van der Waals surface area contributed by atoms with E-state index >= 15 is 0 Å². The molecule has 0 amide bonds. The summed E-state index contributed by atoms with van der Waals surface area (Å²) in [7, 11) is 0. The highest BCUT2D eigenvalue weighted by molar-refractivity contribution is 5.23. The van der Waals surface area contributed by atoms with Crippen molar-refractivity contribution < 1.29 is 0 Å². The maximum atomic E-state index is 3.76. The Labute approximate surface area is 70.3 Å². The Morgan fingerprint density at radius 3 is 2.45 bits per heavy atom. The predicted octanol–water partition coefficient (Wildman–Crippen LogP) is 3.72. The minimum absolute atomic E-state index is 0.578. The van der Waals surface area contributed by atoms with Gasteiger partial charge in [-0.15, -0.1) is 0 Å². The van der Waals surface area contributed by atoms with E-state index in [2.05, 4.69) is 45.6 Å². The molecule has 0 aliphatic carbocycles. The third-order valence-corrected chi connectivity index (χ3v) is 1.56. The van der Waals surface area contributed by atoms with Gasteiger partial charge < -0.3 is 0 Å². The van der Waals surface area contributed by atoms with Crippen LogP contribution in [0.5, 0.6) is 0 Å². The standard InChI is InChI=1S/C11H18/c1-5-7-8-9-11(6-2)10(3)4/h6-10H,2,5H2,1,3-4H3/b8-7-,11-9+. The lowest BCUT2D eigenvalue weighted by molar-refractivity contribution is 0.792. The van der Waals surface area contributed by atoms with E-state index in [1.807, 2.05) is 6.08 Å². The summed E-state index contributed by atoms with van der Waals surface area (Å²) in [6, 6.07) is 0. The molecule has 0 aromatic rings. The van der Waals surface area contributed by atoms with Crippen molar-refractivity contribution in [1.82, 2.24) is 0 Å². The summed E-state index contributed by atoms with van der Waals surface area (Å²) in [6.45, 7) is 10.2. The van der Waals surface area contributed by atoms with Crippen LogP contribution in [0.2, 0.25) is 0 Å². The van der Waals surface area contributed by atoms with Crippen LogP contribution >= 0.6 is 0 Å². The molecule has 0 heteroatoms. The van der Waals surface area contributed by atoms with E-state index in [4.69, 9.17) is 0 Å². The Bertz CT molecular complexity index is 159. The van der Waals surface area contributed by atoms with Crippen LogP contribution in [0.25, 0.3) is 0 Å². The lowest BCUT2D eigenvalue weighted by Gasteiger charge is -2.02. The predicted molar refractivity (Wildman–Crippen MR) is 52.5 cm³/mol. The summed E-state index contributed by atoms with van der Waals surface area (Å²) in [5, 5.41) is 0. The van der Waals surface area contributed by atoms with E-state index in [9.17, 15) is 0 Å². The zero-order valence-electron chi connectivity index (χ0n) is 7.80. The second-order valence-corrected chi connectivity index (χ2v) is 2.86. The monoisotopic (exact) mass is 150 g/mol. The summed E-state index contributed by atoms with van der Waals surface area (Å²) < 4.78 is 0. The molecule has 0 heterocycles. The van der Waals surface area contributed by atoms with E-state index in [1.165, 1.54) is 5.57 Å². The summed E-state index contributed by atoms with van der Waals surface area (Å²) in [5.74, 6) is 0.578. The molecule has 62 valence electrons. The molecule has 0 aromatic carbocycles. The number of hydrogen-bond donors (Lipinski definition) is 0. The van der Waals surface area contributed by atoms with Gasteiger partial charge in [-0.3, -0.25) is 0 Å². The quantitative estimate of drug-likeness (QED) is 0.536. The van der Waals surface area contributed by atoms with Gasteiger partial charge in [0.15, 0.2) is 0 Å². The van der Waals surface area contributed by atoms with Crippen LogP contribution < -0.4 is 0 Å². The molecule has 0 aliphatic rings. The number of rotatable bonds is 4. The van der Waals surface area contributed by atoms with Crippen LogP contribution in [0.4, 0.5) is 0 Å². The van der Waals surface area contributed by atoms with Crippen LogP contribution in [-0.4, -0.2) is 0 Å². The van der Waals surface area contributed by atoms with Crippen molar-refractivity contribution in [3.05, 3.63) is 36.5 Å². The molecule has 0 bridgehead atoms. The van der Waals surface area contributed by atoms with Gasteiger partial charge in [-0.2, -0.15) is 0 Å². The smallest absolute Gasteiger partial charge is 0.0219 e. The topological polar surface area (TPSA) is 0 Å². The third kappa shape index (κ3) is 4.60. The summed E-state index contributed by atoms with van der Waals surface area (Å²) in [6.07, 6.45) is 9.38. The fourth-order valence-corrected chi connectivity index (χ4v) is 0.811. The molecule has 0 unspecified atom stereocenters. The van der Waals surface area contributed by atoms with Crippen LogP contribution in [0.3, 0.4) is 0 Å². The van der Waals surface area contributed by atoms with Gasteiger partial charge >= 0.3 is 0 Å². The van der Waals surface area contributed by atoms with Gasteiger partial charge in [0.2, 0.25) is 0 Å². The van der Waals surface area contributed by atoms with Crippen molar-refractivity contribution in [2.24, 2.45) is 5.92 Å². The van der Waals surface area contributed by atoms with Gasteiger partial charge in [0, 0.05) is 0 Å². The van der Waals surface area contributed by atoms with Crippen molar-refractivity contribution in [3.63, 3.8) is 0 Å². The van der Waals surface area contributed by atoms with E-state index in [0.29, 0.717) is 5.92 Å². The van der Waals surface area contributed by atoms with Gasteiger partial charge in [0.05, 0.1) is 0 Å². The SMILES string of the molecule is C=C/C(=C\C=C/CC)C(C)C. The first kappa shape index (κ1) is 10.2. The fourth-order valence-electron chi connectivity index (χ4n) is 0.811. The minimum atomic E-state index is 0.578. The zero-order chi connectivity index (χ0) is 8.69. The Hall–Kier alpha value is -0.780. The molecule has 0 aliphatic heterocycles. The Morgan fingerprint density at radius 1 is 1.45 bits per heavy atom. The van der Waals surface area contributed by atoms with Gasteiger partial charge in [-0.25, -0.2) is 0 Å². The highest BCUT2D eigenvalue weighted by atomic mass is 14.0. The largest absolute Gasteiger partial charge is 0.0988 e. The summed E-state index contributed by atoms with van der Waals surface area (Å²) in [4.78, 5) is 0. The molecule has 0 spiro atoms. The molecule has 0 saturated heterocycles. The minimum Gasteiger partial charge on any atom is -0.0988 e. The Balaban J connectivity index is 4.12. The molecule has 0 N–H and O–H groups in total. The third-order valence-electron chi connectivity index (χ3n) is 1.56. The lowest BCUT2D eigenvalue weighted by Crippen LogP contribution is -1.88. The molecule has 0 saturated carbocycles. The average Bonchev–Trinajstić information content (AvgIpc) is 1.97. The molecule has 11 heavy (non-hydrogen) atoms. The molecule has 0 fully saturated rings. The fraction of sp³-hybridized carbons (Fsp3) is 0.455. The molecule has 0 radical (unpaired) electrons. The van der Waals surface area contributed by atoms with Crippen molar-refractivity contribution in [3.8, 4) is 0 Å². The zero-order valence-corrected chi connectivity index (χ0v) is 7.80.